The smallest absolute Gasteiger partial charge is 0.126 e. The van der Waals surface area contributed by atoms with Gasteiger partial charge in [0, 0.05) is 38.5 Å². The van der Waals surface area contributed by atoms with Crippen molar-refractivity contribution >= 4 is 23.2 Å². The molecule has 0 unspecified atom stereocenters. The number of aromatic hydroxyl groups is 2. The zero-order valence-electron chi connectivity index (χ0n) is 25.1. The minimum absolute atomic E-state index is 0.194. The minimum atomic E-state index is 0.194. The minimum Gasteiger partial charge on any atom is -0.507 e. The summed E-state index contributed by atoms with van der Waals surface area (Å²) in [7, 11) is 0. The lowest BCUT2D eigenvalue weighted by atomic mass is 9.91. The number of alkyl halides is 2. The Morgan fingerprint density at radius 2 is 0.800 bits per heavy atom. The lowest BCUT2D eigenvalue weighted by Gasteiger charge is -2.20. The molecule has 0 spiro atoms. The number of halogens is 2. The van der Waals surface area contributed by atoms with E-state index in [2.05, 4.69) is 12.1 Å². The number of ether oxygens (including phenoxy) is 2. The molecule has 0 aromatic heterocycles. The zero-order chi connectivity index (χ0) is 32.0. The Hall–Kier alpha value is -4.36. The van der Waals surface area contributed by atoms with Crippen molar-refractivity contribution in [2.24, 2.45) is 0 Å². The lowest BCUT2D eigenvalue weighted by molar-refractivity contribution is 0.307. The van der Waals surface area contributed by atoms with Crippen LogP contribution in [0.15, 0.2) is 72.8 Å². The molecule has 45 heavy (non-hydrogen) atoms. The topological polar surface area (TPSA) is 107 Å². The summed E-state index contributed by atoms with van der Waals surface area (Å²) in [6.07, 6.45) is 3.90. The van der Waals surface area contributed by atoms with Crippen molar-refractivity contribution in [3.05, 3.63) is 117 Å². The van der Waals surface area contributed by atoms with Crippen molar-refractivity contribution in [1.82, 2.24) is 0 Å². The summed E-state index contributed by atoms with van der Waals surface area (Å²) in [5.74, 6) is 1.95. The average molecular weight is 644 g/mol. The molecule has 0 heterocycles. The SMILES string of the molecule is ClCCl.N#CCCCOc1c2cccc1Cc1cccc(c1O)Cc1cccc(c1OCCCC#N)Cc1cccc(c1O)C2. The first-order chi connectivity index (χ1) is 22.0. The van der Waals surface area contributed by atoms with Crippen LogP contribution in [0.4, 0.5) is 0 Å². The van der Waals surface area contributed by atoms with E-state index in [9.17, 15) is 10.2 Å². The van der Waals surface area contributed by atoms with Gasteiger partial charge in [0.15, 0.2) is 0 Å². The first kappa shape index (κ1) is 33.5. The Kier molecular flexibility index (Phi) is 12.8. The molecule has 5 rings (SSSR count). The van der Waals surface area contributed by atoms with Gasteiger partial charge in [0.1, 0.15) is 23.0 Å². The Morgan fingerprint density at radius 3 is 1.07 bits per heavy atom. The number of phenolic OH excluding ortho intramolecular Hbond substituents is 2. The number of unbranched alkanes of at least 4 members (excludes halogenated alkanes) is 2. The highest BCUT2D eigenvalue weighted by Crippen LogP contribution is 2.38. The maximum atomic E-state index is 11.4. The first-order valence-corrected chi connectivity index (χ1v) is 16.0. The van der Waals surface area contributed by atoms with E-state index in [1.807, 2.05) is 72.8 Å². The summed E-state index contributed by atoms with van der Waals surface area (Å²) in [6, 6.07) is 28.0. The molecule has 4 aromatic rings. The normalized spacial score (nSPS) is 11.7. The van der Waals surface area contributed by atoms with Gasteiger partial charge >= 0.3 is 0 Å². The van der Waals surface area contributed by atoms with E-state index >= 15 is 0 Å². The second-order valence-corrected chi connectivity index (χ2v) is 11.5. The number of nitriles is 2. The van der Waals surface area contributed by atoms with Gasteiger partial charge in [-0.25, -0.2) is 0 Å². The van der Waals surface area contributed by atoms with E-state index in [1.54, 1.807) is 0 Å². The maximum absolute atomic E-state index is 11.4. The van der Waals surface area contributed by atoms with E-state index in [0.717, 1.165) is 56.0 Å². The van der Waals surface area contributed by atoms with Crippen LogP contribution in [0.3, 0.4) is 0 Å². The molecule has 2 N–H and O–H groups in total. The molecule has 0 radical (unpaired) electrons. The number of hydrogen-bond acceptors (Lipinski definition) is 6. The van der Waals surface area contributed by atoms with Gasteiger partial charge in [-0.2, -0.15) is 10.5 Å². The van der Waals surface area contributed by atoms with E-state index in [0.29, 0.717) is 64.6 Å². The second-order valence-electron chi connectivity index (χ2n) is 10.7. The van der Waals surface area contributed by atoms with Crippen LogP contribution in [0, 0.1) is 22.7 Å². The molecule has 4 aromatic carbocycles. The maximum Gasteiger partial charge on any atom is 0.126 e. The number of fused-ring (bicyclic) bond motifs is 8. The lowest BCUT2D eigenvalue weighted by Crippen LogP contribution is -2.07. The molecule has 0 fully saturated rings. The average Bonchev–Trinajstić information content (AvgIpc) is 3.03. The van der Waals surface area contributed by atoms with Gasteiger partial charge in [0.25, 0.3) is 0 Å². The monoisotopic (exact) mass is 642 g/mol. The van der Waals surface area contributed by atoms with Gasteiger partial charge < -0.3 is 19.7 Å². The highest BCUT2D eigenvalue weighted by molar-refractivity contribution is 6.40. The zero-order valence-corrected chi connectivity index (χ0v) is 26.6. The van der Waals surface area contributed by atoms with Crippen molar-refractivity contribution < 1.29 is 19.7 Å². The number of para-hydroxylation sites is 4. The molecule has 0 aliphatic heterocycles. The van der Waals surface area contributed by atoms with Gasteiger partial charge in [-0.3, -0.25) is 0 Å². The highest BCUT2D eigenvalue weighted by Gasteiger charge is 2.20. The molecule has 0 saturated carbocycles. The van der Waals surface area contributed by atoms with Crippen LogP contribution in [-0.4, -0.2) is 28.8 Å². The Labute approximate surface area is 275 Å². The summed E-state index contributed by atoms with van der Waals surface area (Å²) >= 11 is 9.53. The van der Waals surface area contributed by atoms with Gasteiger partial charge in [0.2, 0.25) is 0 Å². The van der Waals surface area contributed by atoms with Crippen LogP contribution >= 0.6 is 23.2 Å². The molecule has 0 atom stereocenters. The molecule has 6 nitrogen and oxygen atoms in total. The summed E-state index contributed by atoms with van der Waals surface area (Å²) in [6.45, 7) is 0.808. The fraction of sp³-hybridized carbons (Fsp3) is 0.297. The number of hydrogen-bond donors (Lipinski definition) is 2. The standard InChI is InChI=1S/C36H34N2O4.CH2Cl2/c37-17-1-3-19-41-35-29-13-7-14-30(35)22-26-10-6-12-28(34(26)40)24-32-16-8-15-31(36(32)42-20-4-2-18-38)23-27-11-5-9-25(21-29)33(27)39;2-1-3/h5-16,39-40H,1-4,19-24H2;1H2. The van der Waals surface area contributed by atoms with Crippen molar-refractivity contribution in [2.45, 2.75) is 51.4 Å². The molecule has 8 heteroatoms. The van der Waals surface area contributed by atoms with Crippen LogP contribution in [0.1, 0.15) is 70.2 Å². The Balaban J connectivity index is 0.00000148. The third-order valence-electron chi connectivity index (χ3n) is 7.64. The van der Waals surface area contributed by atoms with Crippen LogP contribution in [-0.2, 0) is 25.7 Å². The predicted octanol–water partition coefficient (Wildman–Crippen LogP) is 8.56. The molecule has 1 aliphatic carbocycles. The summed E-state index contributed by atoms with van der Waals surface area (Å²) in [5, 5.41) is 41.1. The molecule has 232 valence electrons. The fourth-order valence-corrected chi connectivity index (χ4v) is 5.53. The first-order valence-electron chi connectivity index (χ1n) is 14.9. The molecule has 0 saturated heterocycles. The van der Waals surface area contributed by atoms with Crippen LogP contribution in [0.25, 0.3) is 0 Å². The van der Waals surface area contributed by atoms with Crippen molar-refractivity contribution in [3.8, 4) is 35.1 Å². The molecular weight excluding hydrogens is 607 g/mol. The molecule has 1 aliphatic rings. The van der Waals surface area contributed by atoms with E-state index in [4.69, 9.17) is 43.2 Å². The Bertz CT molecular complexity index is 1470. The number of rotatable bonds is 8. The Morgan fingerprint density at radius 1 is 0.533 bits per heavy atom. The quantitative estimate of drug-likeness (QED) is 0.130. The van der Waals surface area contributed by atoms with Crippen LogP contribution < -0.4 is 9.47 Å². The third kappa shape index (κ3) is 8.85. The highest BCUT2D eigenvalue weighted by atomic mass is 35.5. The van der Waals surface area contributed by atoms with Crippen LogP contribution in [0.5, 0.6) is 23.0 Å². The van der Waals surface area contributed by atoms with Crippen LogP contribution in [0.2, 0.25) is 0 Å². The molecular formula is C37H36Cl2N2O4. The summed E-state index contributed by atoms with van der Waals surface area (Å²) in [5.41, 5.74) is 6.89. The van der Waals surface area contributed by atoms with Gasteiger partial charge in [-0.05, 0) is 57.3 Å². The predicted molar refractivity (Wildman–Crippen MR) is 178 cm³/mol. The third-order valence-corrected chi connectivity index (χ3v) is 7.64. The number of nitrogens with zero attached hydrogens (tertiary/aromatic N) is 2. The van der Waals surface area contributed by atoms with E-state index in [1.165, 1.54) is 0 Å². The van der Waals surface area contributed by atoms with Crippen molar-refractivity contribution in [1.29, 1.82) is 10.5 Å². The van der Waals surface area contributed by atoms with Crippen molar-refractivity contribution in [2.75, 3.05) is 18.6 Å². The summed E-state index contributed by atoms with van der Waals surface area (Å²) < 4.78 is 12.6. The largest absolute Gasteiger partial charge is 0.507 e. The number of phenols is 2. The second kappa shape index (κ2) is 17.2. The van der Waals surface area contributed by atoms with Gasteiger partial charge in [-0.1, -0.05) is 72.8 Å². The molecule has 0 amide bonds. The fourth-order valence-electron chi connectivity index (χ4n) is 5.53. The number of benzene rings is 4. The van der Waals surface area contributed by atoms with E-state index in [-0.39, 0.29) is 16.8 Å². The summed E-state index contributed by atoms with van der Waals surface area (Å²) in [4.78, 5) is 0. The molecule has 8 bridgehead atoms. The van der Waals surface area contributed by atoms with Crippen molar-refractivity contribution in [3.63, 3.8) is 0 Å². The van der Waals surface area contributed by atoms with Gasteiger partial charge in [-0.15, -0.1) is 23.2 Å². The van der Waals surface area contributed by atoms with E-state index < -0.39 is 0 Å². The van der Waals surface area contributed by atoms with Gasteiger partial charge in [0.05, 0.1) is 30.7 Å².